The molecular weight excluding hydrogens is 330 g/mol. The fourth-order valence-electron chi connectivity index (χ4n) is 3.42. The van der Waals surface area contributed by atoms with Gasteiger partial charge in [-0.3, -0.25) is 4.98 Å². The Kier molecular flexibility index (Phi) is 3.80. The zero-order chi connectivity index (χ0) is 18.1. The molecule has 5 aromatic rings. The number of fused-ring (bicyclic) bond motifs is 1. The molecule has 0 radical (unpaired) electrons. The van der Waals surface area contributed by atoms with E-state index in [9.17, 15) is 0 Å². The Balaban J connectivity index is 1.80. The summed E-state index contributed by atoms with van der Waals surface area (Å²) in [6.45, 7) is 0. The van der Waals surface area contributed by atoms with Crippen LogP contribution < -0.4 is 0 Å². The molecule has 128 valence electrons. The molecule has 0 aliphatic carbocycles. The molecule has 27 heavy (non-hydrogen) atoms. The van der Waals surface area contributed by atoms with E-state index in [0.29, 0.717) is 0 Å². The van der Waals surface area contributed by atoms with Crippen molar-refractivity contribution in [3.63, 3.8) is 0 Å². The summed E-state index contributed by atoms with van der Waals surface area (Å²) >= 11 is 0. The van der Waals surface area contributed by atoms with Crippen LogP contribution in [0.15, 0.2) is 108 Å². The van der Waals surface area contributed by atoms with E-state index in [1.807, 2.05) is 60.8 Å². The largest absolute Gasteiger partial charge is 0.454 e. The van der Waals surface area contributed by atoms with Gasteiger partial charge in [-0.15, -0.1) is 0 Å². The number of nitrogens with zero attached hydrogens (tertiary/aromatic N) is 1. The molecule has 2 heteroatoms. The third-order valence-corrected chi connectivity index (χ3v) is 4.75. The summed E-state index contributed by atoms with van der Waals surface area (Å²) in [6.07, 6.45) is 1.95. The molecule has 3 aromatic carbocycles. The first-order chi connectivity index (χ1) is 13.4. The molecule has 0 unspecified atom stereocenters. The normalized spacial score (nSPS) is 11.0. The molecule has 5 rings (SSSR count). The van der Waals surface area contributed by atoms with Crippen LogP contribution in [-0.4, -0.2) is 4.98 Å². The maximum atomic E-state index is 6.34. The third-order valence-electron chi connectivity index (χ3n) is 4.75. The molecule has 0 fully saturated rings. The Morgan fingerprint density at radius 2 is 1.15 bits per heavy atom. The Morgan fingerprint density at radius 3 is 1.78 bits per heavy atom. The minimum Gasteiger partial charge on any atom is -0.454 e. The number of aromatic nitrogens is 1. The predicted molar refractivity (Wildman–Crippen MR) is 110 cm³/mol. The van der Waals surface area contributed by atoms with Crippen LogP contribution in [0.4, 0.5) is 0 Å². The van der Waals surface area contributed by atoms with Crippen LogP contribution in [0.25, 0.3) is 44.7 Å². The lowest BCUT2D eigenvalue weighted by Gasteiger charge is -2.06. The SMILES string of the molecule is c1ccc(-c2cc3c(-c4ccccc4)cnc(-c4ccccc4)c3o2)cc1. The van der Waals surface area contributed by atoms with Gasteiger partial charge in [0, 0.05) is 28.3 Å². The van der Waals surface area contributed by atoms with Crippen molar-refractivity contribution in [2.75, 3.05) is 0 Å². The third kappa shape index (κ3) is 2.81. The molecule has 0 N–H and O–H groups in total. The highest BCUT2D eigenvalue weighted by molar-refractivity contribution is 6.01. The van der Waals surface area contributed by atoms with Gasteiger partial charge in [-0.2, -0.15) is 0 Å². The number of rotatable bonds is 3. The fraction of sp³-hybridized carbons (Fsp3) is 0. The van der Waals surface area contributed by atoms with E-state index in [2.05, 4.69) is 42.5 Å². The first-order valence-electron chi connectivity index (χ1n) is 8.99. The molecule has 0 saturated heterocycles. The van der Waals surface area contributed by atoms with Gasteiger partial charge in [0.2, 0.25) is 0 Å². The van der Waals surface area contributed by atoms with Crippen LogP contribution >= 0.6 is 0 Å². The van der Waals surface area contributed by atoms with E-state index in [0.717, 1.165) is 44.7 Å². The van der Waals surface area contributed by atoms with Crippen LogP contribution in [0, 0.1) is 0 Å². The number of furan rings is 1. The van der Waals surface area contributed by atoms with Crippen molar-refractivity contribution in [3.05, 3.63) is 103 Å². The minimum absolute atomic E-state index is 0.821. The maximum absolute atomic E-state index is 6.34. The van der Waals surface area contributed by atoms with Crippen molar-refractivity contribution in [1.29, 1.82) is 0 Å². The Bertz CT molecular complexity index is 1120. The lowest BCUT2D eigenvalue weighted by Crippen LogP contribution is -1.87. The van der Waals surface area contributed by atoms with Gasteiger partial charge in [-0.1, -0.05) is 91.0 Å². The highest BCUT2D eigenvalue weighted by Gasteiger charge is 2.16. The van der Waals surface area contributed by atoms with Crippen molar-refractivity contribution in [3.8, 4) is 33.7 Å². The molecule has 0 spiro atoms. The van der Waals surface area contributed by atoms with Crippen molar-refractivity contribution >= 4 is 11.0 Å². The van der Waals surface area contributed by atoms with E-state index in [1.165, 1.54) is 0 Å². The molecule has 0 atom stereocenters. The molecule has 0 aliphatic heterocycles. The van der Waals surface area contributed by atoms with Gasteiger partial charge < -0.3 is 4.42 Å². The lowest BCUT2D eigenvalue weighted by atomic mass is 10.0. The average molecular weight is 347 g/mol. The molecular formula is C25H17NO. The van der Waals surface area contributed by atoms with Crippen LogP contribution in [0.2, 0.25) is 0 Å². The summed E-state index contributed by atoms with van der Waals surface area (Å²) in [5.74, 6) is 0.855. The summed E-state index contributed by atoms with van der Waals surface area (Å²) in [5, 5.41) is 1.08. The minimum atomic E-state index is 0.821. The highest BCUT2D eigenvalue weighted by Crippen LogP contribution is 2.38. The summed E-state index contributed by atoms with van der Waals surface area (Å²) in [7, 11) is 0. The summed E-state index contributed by atoms with van der Waals surface area (Å²) < 4.78 is 6.34. The van der Waals surface area contributed by atoms with E-state index >= 15 is 0 Å². The lowest BCUT2D eigenvalue weighted by molar-refractivity contribution is 0.631. The average Bonchev–Trinajstić information content (AvgIpc) is 3.20. The van der Waals surface area contributed by atoms with E-state index in [4.69, 9.17) is 9.40 Å². The first-order valence-corrected chi connectivity index (χ1v) is 8.99. The maximum Gasteiger partial charge on any atom is 0.161 e. The molecule has 2 heterocycles. The zero-order valence-electron chi connectivity index (χ0n) is 14.7. The molecule has 0 amide bonds. The van der Waals surface area contributed by atoms with E-state index in [1.54, 1.807) is 0 Å². The summed E-state index contributed by atoms with van der Waals surface area (Å²) in [5.41, 5.74) is 6.02. The van der Waals surface area contributed by atoms with Crippen molar-refractivity contribution < 1.29 is 4.42 Å². The molecule has 0 bridgehead atoms. The topological polar surface area (TPSA) is 26.0 Å². The van der Waals surface area contributed by atoms with Gasteiger partial charge in [-0.25, -0.2) is 0 Å². The second-order valence-electron chi connectivity index (χ2n) is 6.47. The second-order valence-corrected chi connectivity index (χ2v) is 6.47. The Morgan fingerprint density at radius 1 is 0.593 bits per heavy atom. The van der Waals surface area contributed by atoms with Gasteiger partial charge in [0.15, 0.2) is 5.58 Å². The summed E-state index contributed by atoms with van der Waals surface area (Å²) in [6, 6.07) is 32.8. The number of pyridine rings is 1. The van der Waals surface area contributed by atoms with E-state index in [-0.39, 0.29) is 0 Å². The number of hydrogen-bond donors (Lipinski definition) is 0. The molecule has 2 nitrogen and oxygen atoms in total. The summed E-state index contributed by atoms with van der Waals surface area (Å²) in [4.78, 5) is 4.77. The van der Waals surface area contributed by atoms with Crippen LogP contribution in [0.3, 0.4) is 0 Å². The molecule has 0 aliphatic rings. The molecule has 0 saturated carbocycles. The van der Waals surface area contributed by atoms with Crippen LogP contribution in [0.1, 0.15) is 0 Å². The standard InChI is InChI=1S/C25H17NO/c1-4-10-18(11-5-1)22-17-26-24(20-14-8-3-9-15-20)25-21(22)16-23(27-25)19-12-6-2-7-13-19/h1-17H. The van der Waals surface area contributed by atoms with Gasteiger partial charge in [-0.05, 0) is 11.6 Å². The second kappa shape index (κ2) is 6.58. The monoisotopic (exact) mass is 347 g/mol. The molecule has 2 aromatic heterocycles. The fourth-order valence-corrected chi connectivity index (χ4v) is 3.42. The smallest absolute Gasteiger partial charge is 0.161 e. The highest BCUT2D eigenvalue weighted by atomic mass is 16.3. The van der Waals surface area contributed by atoms with E-state index < -0.39 is 0 Å². The Hall–Kier alpha value is -3.65. The van der Waals surface area contributed by atoms with Crippen LogP contribution in [0.5, 0.6) is 0 Å². The van der Waals surface area contributed by atoms with Gasteiger partial charge >= 0.3 is 0 Å². The van der Waals surface area contributed by atoms with Gasteiger partial charge in [0.25, 0.3) is 0 Å². The first kappa shape index (κ1) is 15.6. The quantitative estimate of drug-likeness (QED) is 0.357. The van der Waals surface area contributed by atoms with Crippen LogP contribution in [-0.2, 0) is 0 Å². The van der Waals surface area contributed by atoms with Gasteiger partial charge in [0.05, 0.1) is 0 Å². The van der Waals surface area contributed by atoms with Crippen molar-refractivity contribution in [1.82, 2.24) is 4.98 Å². The van der Waals surface area contributed by atoms with Gasteiger partial charge in [0.1, 0.15) is 11.5 Å². The van der Waals surface area contributed by atoms with Crippen molar-refractivity contribution in [2.24, 2.45) is 0 Å². The number of hydrogen-bond acceptors (Lipinski definition) is 2. The zero-order valence-corrected chi connectivity index (χ0v) is 14.7. The number of benzene rings is 3. The predicted octanol–water partition coefficient (Wildman–Crippen LogP) is 6.83. The van der Waals surface area contributed by atoms with Crippen molar-refractivity contribution in [2.45, 2.75) is 0 Å². The Labute approximate surface area is 157 Å².